The fourth-order valence-corrected chi connectivity index (χ4v) is 8.03. The minimum Gasteiger partial charge on any atom is -0.463 e. The summed E-state index contributed by atoms with van der Waals surface area (Å²) in [5.74, 6) is -1.72. The molecule has 0 unspecified atom stereocenters. The number of hydrogen-bond acceptors (Lipinski definition) is 12. The number of aliphatic hydroxyl groups excluding tert-OH is 1. The monoisotopic (exact) mass is 703 g/mol. The first-order chi connectivity index (χ1) is 23.5. The molecule has 0 bridgehead atoms. The van der Waals surface area contributed by atoms with E-state index in [0.717, 1.165) is 24.2 Å². The Kier molecular flexibility index (Phi) is 13.6. The lowest BCUT2D eigenvalue weighted by Gasteiger charge is -2.47. The van der Waals surface area contributed by atoms with Crippen LogP contribution in [0.15, 0.2) is 12.5 Å². The van der Waals surface area contributed by atoms with Crippen molar-refractivity contribution in [3.8, 4) is 0 Å². The number of Topliss-reactive ketones (excluding diaryl/α,β-unsaturated/α-hetero) is 1. The quantitative estimate of drug-likeness (QED) is 0.298. The second-order valence-corrected chi connectivity index (χ2v) is 15.8. The molecule has 1 amide bonds. The number of aliphatic hydroxyl groups is 1. The van der Waals surface area contributed by atoms with E-state index in [2.05, 4.69) is 28.7 Å². The van der Waals surface area contributed by atoms with Gasteiger partial charge in [-0.1, -0.05) is 20.8 Å². The number of amides is 1. The molecule has 13 heteroatoms. The molecule has 50 heavy (non-hydrogen) atoms. The number of carbonyl (C=O) groups excluding carboxylic acids is 3. The molecule has 0 spiro atoms. The number of aromatic nitrogens is 2. The Bertz CT molecular complexity index is 1300. The van der Waals surface area contributed by atoms with E-state index < -0.39 is 41.4 Å². The molecule has 282 valence electrons. The van der Waals surface area contributed by atoms with Crippen LogP contribution in [0.2, 0.25) is 0 Å². The first-order valence-electron chi connectivity index (χ1n) is 18.2. The van der Waals surface area contributed by atoms with Gasteiger partial charge in [-0.15, -0.1) is 0 Å². The van der Waals surface area contributed by atoms with Gasteiger partial charge in [-0.3, -0.25) is 19.3 Å². The third kappa shape index (κ3) is 9.08. The van der Waals surface area contributed by atoms with E-state index in [-0.39, 0.29) is 48.8 Å². The van der Waals surface area contributed by atoms with Gasteiger partial charge in [0, 0.05) is 56.4 Å². The zero-order valence-corrected chi connectivity index (χ0v) is 31.9. The number of fused-ring (bicyclic) bond motifs is 1. The van der Waals surface area contributed by atoms with Gasteiger partial charge < -0.3 is 33.9 Å². The maximum absolute atomic E-state index is 14.3. The fourth-order valence-electron chi connectivity index (χ4n) is 8.03. The van der Waals surface area contributed by atoms with Gasteiger partial charge in [0.2, 0.25) is 5.91 Å². The van der Waals surface area contributed by atoms with E-state index in [1.165, 1.54) is 6.33 Å². The minimum atomic E-state index is -1.50. The van der Waals surface area contributed by atoms with Crippen LogP contribution < -0.4 is 0 Å². The number of rotatable bonds is 9. The normalized spacial score (nSPS) is 34.4. The smallest absolute Gasteiger partial charge is 0.319 e. The number of ketones is 1. The molecule has 0 aliphatic carbocycles. The Morgan fingerprint density at radius 2 is 1.88 bits per heavy atom. The van der Waals surface area contributed by atoms with E-state index in [1.807, 2.05) is 32.8 Å². The lowest BCUT2D eigenvalue weighted by Crippen LogP contribution is -2.59. The number of ether oxygens (including phenoxy) is 4. The van der Waals surface area contributed by atoms with Crippen molar-refractivity contribution in [1.29, 1.82) is 0 Å². The van der Waals surface area contributed by atoms with E-state index >= 15 is 0 Å². The van der Waals surface area contributed by atoms with Gasteiger partial charge in [-0.2, -0.15) is 0 Å². The Balaban J connectivity index is 1.61. The van der Waals surface area contributed by atoms with Crippen molar-refractivity contribution in [2.24, 2.45) is 17.3 Å². The average Bonchev–Trinajstić information content (AvgIpc) is 3.51. The summed E-state index contributed by atoms with van der Waals surface area (Å²) in [6.07, 6.45) is 3.03. The molecule has 0 aromatic carbocycles. The maximum atomic E-state index is 14.3. The van der Waals surface area contributed by atoms with Gasteiger partial charge in [0.05, 0.1) is 30.0 Å². The third-order valence-corrected chi connectivity index (χ3v) is 11.0. The molecular formula is C37H61N5O8. The highest BCUT2D eigenvalue weighted by Crippen LogP contribution is 2.38. The van der Waals surface area contributed by atoms with E-state index in [1.54, 1.807) is 39.0 Å². The predicted octanol–water partition coefficient (Wildman–Crippen LogP) is 3.21. The molecule has 4 heterocycles. The molecule has 1 N–H and O–H groups in total. The molecule has 1 aromatic heterocycles. The molecular weight excluding hydrogens is 642 g/mol. The largest absolute Gasteiger partial charge is 0.463 e. The number of esters is 1. The number of carbonyl (C=O) groups is 3. The lowest BCUT2D eigenvalue weighted by molar-refractivity contribution is -0.295. The maximum Gasteiger partial charge on any atom is 0.319 e. The minimum absolute atomic E-state index is 0.0102. The first kappa shape index (κ1) is 40.2. The van der Waals surface area contributed by atoms with Crippen molar-refractivity contribution in [1.82, 2.24) is 24.7 Å². The van der Waals surface area contributed by atoms with Crippen LogP contribution in [-0.2, 0) is 46.4 Å². The van der Waals surface area contributed by atoms with Crippen LogP contribution in [0.25, 0.3) is 0 Å². The van der Waals surface area contributed by atoms with Crippen molar-refractivity contribution in [2.75, 3.05) is 40.9 Å². The Hall–Kier alpha value is -2.55. The molecule has 2 fully saturated rings. The number of likely N-dealkylation sites (N-methyl/N-ethyl adjacent to an activating group) is 1. The van der Waals surface area contributed by atoms with E-state index in [9.17, 15) is 19.5 Å². The zero-order chi connectivity index (χ0) is 37.0. The highest BCUT2D eigenvalue weighted by atomic mass is 16.7. The molecule has 1 aromatic rings. The summed E-state index contributed by atoms with van der Waals surface area (Å²) in [7, 11) is 5.44. The number of nitrogens with zero attached hydrogens (tertiary/aromatic N) is 5. The molecule has 4 rings (SSSR count). The van der Waals surface area contributed by atoms with Crippen LogP contribution in [0.1, 0.15) is 91.8 Å². The van der Waals surface area contributed by atoms with Gasteiger partial charge in [-0.25, -0.2) is 9.97 Å². The average molecular weight is 704 g/mol. The second kappa shape index (κ2) is 16.9. The Morgan fingerprint density at radius 3 is 2.52 bits per heavy atom. The molecule has 2 saturated heterocycles. The molecule has 0 radical (unpaired) electrons. The van der Waals surface area contributed by atoms with Gasteiger partial charge in [0.15, 0.2) is 12.1 Å². The second-order valence-electron chi connectivity index (χ2n) is 15.8. The SMILES string of the molecule is CCCN1C[C@H](C)C[C@@](C)(OC)[C@H](O[C@@H]2O[C@H](C)C[C@H](N(C)C)[C@H]2O)[C@@H](C)C(=O)C(C)(C)C(=O)OC[C@H]1CCC(=O)N1Cc2cncnc2C1. The molecule has 3 aliphatic heterocycles. The summed E-state index contributed by atoms with van der Waals surface area (Å²) in [4.78, 5) is 56.0. The van der Waals surface area contributed by atoms with Crippen LogP contribution in [0.3, 0.4) is 0 Å². The van der Waals surface area contributed by atoms with Gasteiger partial charge in [0.25, 0.3) is 0 Å². The summed E-state index contributed by atoms with van der Waals surface area (Å²) < 4.78 is 25.0. The highest BCUT2D eigenvalue weighted by Gasteiger charge is 2.51. The van der Waals surface area contributed by atoms with Crippen LogP contribution in [-0.4, -0.2) is 131 Å². The Morgan fingerprint density at radius 1 is 1.16 bits per heavy atom. The van der Waals surface area contributed by atoms with Crippen LogP contribution in [0, 0.1) is 17.3 Å². The van der Waals surface area contributed by atoms with Crippen LogP contribution in [0.4, 0.5) is 0 Å². The highest BCUT2D eigenvalue weighted by molar-refractivity contribution is 6.04. The van der Waals surface area contributed by atoms with Crippen molar-refractivity contribution in [2.45, 2.75) is 136 Å². The summed E-state index contributed by atoms with van der Waals surface area (Å²) in [5, 5.41) is 11.4. The first-order valence-corrected chi connectivity index (χ1v) is 18.2. The third-order valence-electron chi connectivity index (χ3n) is 11.0. The van der Waals surface area contributed by atoms with Crippen molar-refractivity contribution >= 4 is 17.7 Å². The van der Waals surface area contributed by atoms with Gasteiger partial charge >= 0.3 is 5.97 Å². The summed E-state index contributed by atoms with van der Waals surface area (Å²) in [6, 6.07) is -0.445. The molecule has 3 aliphatic rings. The predicted molar refractivity (Wildman–Crippen MR) is 187 cm³/mol. The van der Waals surface area contributed by atoms with E-state index in [0.29, 0.717) is 38.9 Å². The number of hydrogen-bond donors (Lipinski definition) is 1. The fraction of sp³-hybridized carbons (Fsp3) is 0.811. The van der Waals surface area contributed by atoms with Gasteiger partial charge in [0.1, 0.15) is 24.5 Å². The van der Waals surface area contributed by atoms with E-state index in [4.69, 9.17) is 18.9 Å². The molecule has 9 atom stereocenters. The van der Waals surface area contributed by atoms with Crippen molar-refractivity contribution in [3.05, 3.63) is 23.8 Å². The standard InChI is InChI=1S/C37H61N5O8/c1-11-14-41-18-23(2)16-37(7,47-10)33(50-34-31(44)29(40(8)9)15-24(3)49-34)25(4)32(45)36(5,6)35(46)48-21-27(41)12-13-30(43)42-19-26-17-38-22-39-28(26)20-42/h17,22-25,27,29,31,33-34,44H,11-16,18-21H2,1-10H3/t23-,24-,25+,27-,29+,31-,33-,34+,37-/m1/s1. The summed E-state index contributed by atoms with van der Waals surface area (Å²) in [6.45, 7) is 15.4. The molecule has 0 saturated carbocycles. The van der Waals surface area contributed by atoms with Gasteiger partial charge in [-0.05, 0) is 79.9 Å². The topological polar surface area (TPSA) is 144 Å². The van der Waals surface area contributed by atoms with Crippen LogP contribution >= 0.6 is 0 Å². The molecule has 13 nitrogen and oxygen atoms in total. The number of methoxy groups -OCH3 is 1. The van der Waals surface area contributed by atoms with Crippen molar-refractivity contribution in [3.63, 3.8) is 0 Å². The summed E-state index contributed by atoms with van der Waals surface area (Å²) >= 11 is 0. The summed E-state index contributed by atoms with van der Waals surface area (Å²) in [5.41, 5.74) is -0.665. The number of cyclic esters (lactones) is 1. The van der Waals surface area contributed by atoms with Crippen molar-refractivity contribution < 1.29 is 38.4 Å². The lowest BCUT2D eigenvalue weighted by atomic mass is 9.74. The van der Waals surface area contributed by atoms with Crippen LogP contribution in [0.5, 0.6) is 0 Å². The Labute approximate surface area is 298 Å². The zero-order valence-electron chi connectivity index (χ0n) is 31.9.